The van der Waals surface area contributed by atoms with Crippen molar-refractivity contribution < 1.29 is 9.47 Å². The minimum absolute atomic E-state index is 0.00362. The molecular weight excluding hydrogens is 296 g/mol. The van der Waals surface area contributed by atoms with Crippen molar-refractivity contribution >= 4 is 0 Å². The van der Waals surface area contributed by atoms with Gasteiger partial charge in [0.25, 0.3) is 0 Å². The molecule has 2 unspecified atom stereocenters. The van der Waals surface area contributed by atoms with Crippen LogP contribution in [-0.4, -0.2) is 19.5 Å². The highest BCUT2D eigenvalue weighted by molar-refractivity contribution is 5.12. The van der Waals surface area contributed by atoms with Gasteiger partial charge in [-0.05, 0) is 83.0 Å². The van der Waals surface area contributed by atoms with Gasteiger partial charge in [-0.25, -0.2) is 0 Å². The van der Waals surface area contributed by atoms with Crippen LogP contribution in [0, 0.1) is 17.8 Å². The van der Waals surface area contributed by atoms with Crippen LogP contribution in [0.4, 0.5) is 0 Å². The summed E-state index contributed by atoms with van der Waals surface area (Å²) in [5.41, 5.74) is 3.45. The second kappa shape index (κ2) is 9.20. The third kappa shape index (κ3) is 5.74. The van der Waals surface area contributed by atoms with Crippen LogP contribution in [0.1, 0.15) is 78.1 Å². The van der Waals surface area contributed by atoms with E-state index in [0.29, 0.717) is 5.92 Å². The fraction of sp³-hybridized carbons (Fsp3) is 0.818. The summed E-state index contributed by atoms with van der Waals surface area (Å²) in [5.74, 6) is 2.42. The van der Waals surface area contributed by atoms with Gasteiger partial charge in [0.05, 0.1) is 13.2 Å². The molecule has 0 spiro atoms. The highest BCUT2D eigenvalue weighted by atomic mass is 16.7. The average molecular weight is 333 g/mol. The van der Waals surface area contributed by atoms with Crippen molar-refractivity contribution in [3.63, 3.8) is 0 Å². The van der Waals surface area contributed by atoms with Gasteiger partial charge in [0.15, 0.2) is 6.29 Å². The van der Waals surface area contributed by atoms with Crippen molar-refractivity contribution in [3.05, 3.63) is 23.3 Å². The first-order valence-electron chi connectivity index (χ1n) is 10.3. The Morgan fingerprint density at radius 2 is 1.46 bits per heavy atom. The molecule has 0 N–H and O–H groups in total. The molecule has 0 bridgehead atoms. The van der Waals surface area contributed by atoms with Gasteiger partial charge in [0, 0.05) is 5.92 Å². The SMILES string of the molecule is CC1CC=C(CCC2=CCC(CCC3COC(C)OC3)CC2)CC1. The van der Waals surface area contributed by atoms with Crippen LogP contribution < -0.4 is 0 Å². The lowest BCUT2D eigenvalue weighted by Gasteiger charge is -2.29. The maximum absolute atomic E-state index is 5.60. The highest BCUT2D eigenvalue weighted by Crippen LogP contribution is 2.33. The molecule has 0 amide bonds. The predicted octanol–water partition coefficient (Wildman–Crippen LogP) is 6.03. The fourth-order valence-electron chi connectivity index (χ4n) is 4.28. The van der Waals surface area contributed by atoms with Crippen LogP contribution in [0.2, 0.25) is 0 Å². The Morgan fingerprint density at radius 1 is 0.833 bits per heavy atom. The van der Waals surface area contributed by atoms with E-state index in [1.807, 2.05) is 6.92 Å². The summed E-state index contributed by atoms with van der Waals surface area (Å²) < 4.78 is 11.2. The minimum atomic E-state index is 0.00362. The van der Waals surface area contributed by atoms with Crippen molar-refractivity contribution in [1.29, 1.82) is 0 Å². The molecule has 1 heterocycles. The molecule has 1 fully saturated rings. The Bertz CT molecular complexity index is 443. The summed E-state index contributed by atoms with van der Waals surface area (Å²) in [4.78, 5) is 0. The van der Waals surface area contributed by atoms with Gasteiger partial charge >= 0.3 is 0 Å². The minimum Gasteiger partial charge on any atom is -0.353 e. The summed E-state index contributed by atoms with van der Waals surface area (Å²) >= 11 is 0. The Labute approximate surface area is 148 Å². The Kier molecular flexibility index (Phi) is 6.97. The quantitative estimate of drug-likeness (QED) is 0.553. The normalized spacial score (nSPS) is 34.6. The summed E-state index contributed by atoms with van der Waals surface area (Å²) in [5, 5.41) is 0. The van der Waals surface area contributed by atoms with E-state index in [4.69, 9.17) is 9.47 Å². The van der Waals surface area contributed by atoms with Gasteiger partial charge in [-0.1, -0.05) is 30.2 Å². The lowest BCUT2D eigenvalue weighted by Crippen LogP contribution is -2.30. The molecule has 2 heteroatoms. The van der Waals surface area contributed by atoms with E-state index in [9.17, 15) is 0 Å². The van der Waals surface area contributed by atoms with Crippen molar-refractivity contribution in [3.8, 4) is 0 Å². The lowest BCUT2D eigenvalue weighted by molar-refractivity contribution is -0.191. The van der Waals surface area contributed by atoms with Gasteiger partial charge in [-0.2, -0.15) is 0 Å². The maximum atomic E-state index is 5.60. The van der Waals surface area contributed by atoms with Gasteiger partial charge in [0.1, 0.15) is 0 Å². The van der Waals surface area contributed by atoms with E-state index >= 15 is 0 Å². The second-order valence-electron chi connectivity index (χ2n) is 8.42. The Balaban J connectivity index is 1.32. The summed E-state index contributed by atoms with van der Waals surface area (Å²) in [7, 11) is 0. The van der Waals surface area contributed by atoms with Crippen molar-refractivity contribution in [1.82, 2.24) is 0 Å². The van der Waals surface area contributed by atoms with Crippen LogP contribution in [0.25, 0.3) is 0 Å². The van der Waals surface area contributed by atoms with E-state index < -0.39 is 0 Å². The molecule has 3 rings (SSSR count). The van der Waals surface area contributed by atoms with Crippen LogP contribution in [0.5, 0.6) is 0 Å². The van der Waals surface area contributed by atoms with E-state index in [-0.39, 0.29) is 6.29 Å². The largest absolute Gasteiger partial charge is 0.353 e. The zero-order valence-corrected chi connectivity index (χ0v) is 15.8. The molecule has 136 valence electrons. The summed E-state index contributed by atoms with van der Waals surface area (Å²) in [6.45, 7) is 6.16. The third-order valence-corrected chi connectivity index (χ3v) is 6.26. The van der Waals surface area contributed by atoms with Gasteiger partial charge in [0.2, 0.25) is 0 Å². The van der Waals surface area contributed by atoms with E-state index in [1.165, 1.54) is 64.2 Å². The molecule has 24 heavy (non-hydrogen) atoms. The standard InChI is InChI=1S/C22H36O2/c1-17-3-5-19(6-4-17)7-8-20-9-11-21(12-10-20)13-14-22-15-23-18(2)24-16-22/h5,9,17-18,21-22H,3-4,6-8,10-16H2,1-2H3. The first-order chi connectivity index (χ1) is 11.7. The molecule has 0 aromatic carbocycles. The molecule has 2 nitrogen and oxygen atoms in total. The number of rotatable bonds is 6. The maximum Gasteiger partial charge on any atom is 0.154 e. The van der Waals surface area contributed by atoms with Crippen LogP contribution >= 0.6 is 0 Å². The smallest absolute Gasteiger partial charge is 0.154 e. The lowest BCUT2D eigenvalue weighted by atomic mass is 9.82. The Morgan fingerprint density at radius 3 is 2.04 bits per heavy atom. The predicted molar refractivity (Wildman–Crippen MR) is 99.8 cm³/mol. The number of hydrogen-bond acceptors (Lipinski definition) is 2. The zero-order valence-electron chi connectivity index (χ0n) is 15.8. The molecule has 0 aromatic heterocycles. The molecule has 3 aliphatic rings. The van der Waals surface area contributed by atoms with Gasteiger partial charge in [-0.15, -0.1) is 0 Å². The molecule has 2 aliphatic carbocycles. The van der Waals surface area contributed by atoms with Crippen molar-refractivity contribution in [2.45, 2.75) is 84.3 Å². The molecule has 2 atom stereocenters. The number of allylic oxidation sites excluding steroid dienone is 4. The Hall–Kier alpha value is -0.600. The van der Waals surface area contributed by atoms with Gasteiger partial charge in [-0.3, -0.25) is 0 Å². The van der Waals surface area contributed by atoms with Crippen LogP contribution in [-0.2, 0) is 9.47 Å². The highest BCUT2D eigenvalue weighted by Gasteiger charge is 2.21. The summed E-state index contributed by atoms with van der Waals surface area (Å²) in [6.07, 6.45) is 18.4. The number of hydrogen-bond donors (Lipinski definition) is 0. The molecular formula is C22H36O2. The zero-order chi connectivity index (χ0) is 16.8. The third-order valence-electron chi connectivity index (χ3n) is 6.26. The van der Waals surface area contributed by atoms with Crippen LogP contribution in [0.3, 0.4) is 0 Å². The van der Waals surface area contributed by atoms with E-state index in [0.717, 1.165) is 25.0 Å². The first-order valence-corrected chi connectivity index (χ1v) is 10.3. The molecule has 1 aliphatic heterocycles. The van der Waals surface area contributed by atoms with Crippen LogP contribution in [0.15, 0.2) is 23.3 Å². The molecule has 0 radical (unpaired) electrons. The summed E-state index contributed by atoms with van der Waals surface area (Å²) in [6, 6.07) is 0. The van der Waals surface area contributed by atoms with Crippen molar-refractivity contribution in [2.75, 3.05) is 13.2 Å². The molecule has 0 aromatic rings. The number of ether oxygens (including phenoxy) is 2. The second-order valence-corrected chi connectivity index (χ2v) is 8.42. The topological polar surface area (TPSA) is 18.5 Å². The average Bonchev–Trinajstić information content (AvgIpc) is 2.62. The van der Waals surface area contributed by atoms with E-state index in [1.54, 1.807) is 11.1 Å². The molecule has 0 saturated carbocycles. The molecule has 1 saturated heterocycles. The van der Waals surface area contributed by atoms with Gasteiger partial charge < -0.3 is 9.47 Å². The first kappa shape index (κ1) is 18.2. The monoisotopic (exact) mass is 332 g/mol. The van der Waals surface area contributed by atoms with E-state index in [2.05, 4.69) is 19.1 Å². The fourth-order valence-corrected chi connectivity index (χ4v) is 4.28. The van der Waals surface area contributed by atoms with Crippen molar-refractivity contribution in [2.24, 2.45) is 17.8 Å².